The second-order valence-electron chi connectivity index (χ2n) is 6.07. The lowest BCUT2D eigenvalue weighted by molar-refractivity contribution is 0.0644. The minimum absolute atomic E-state index is 0.0678. The number of amides is 1. The number of likely N-dealkylation sites (tertiary alicyclic amines) is 1. The van der Waals surface area contributed by atoms with Crippen LogP contribution in [-0.2, 0) is 0 Å². The summed E-state index contributed by atoms with van der Waals surface area (Å²) in [4.78, 5) is 23.3. The van der Waals surface area contributed by atoms with Crippen molar-refractivity contribution in [3.63, 3.8) is 0 Å². The van der Waals surface area contributed by atoms with Gasteiger partial charge in [0.2, 0.25) is 11.7 Å². The molecule has 7 nitrogen and oxygen atoms in total. The summed E-state index contributed by atoms with van der Waals surface area (Å²) in [6.07, 6.45) is 10.2. The molecule has 3 aromatic heterocycles. The van der Waals surface area contributed by atoms with Crippen LogP contribution >= 0.6 is 0 Å². The van der Waals surface area contributed by atoms with Crippen LogP contribution in [0.1, 0.15) is 48.0 Å². The van der Waals surface area contributed by atoms with Crippen LogP contribution in [0.25, 0.3) is 11.4 Å². The first-order valence-electron chi connectivity index (χ1n) is 8.40. The lowest BCUT2D eigenvalue weighted by Gasteiger charge is -2.26. The molecule has 1 atom stereocenters. The Morgan fingerprint density at radius 1 is 1.24 bits per heavy atom. The molecule has 7 heteroatoms. The van der Waals surface area contributed by atoms with Crippen molar-refractivity contribution < 1.29 is 13.7 Å². The molecule has 3 aromatic rings. The molecule has 0 aromatic carbocycles. The Morgan fingerprint density at radius 3 is 3.00 bits per heavy atom. The Balaban J connectivity index is 1.64. The lowest BCUT2D eigenvalue weighted by Crippen LogP contribution is -2.34. The highest BCUT2D eigenvalue weighted by Crippen LogP contribution is 2.31. The van der Waals surface area contributed by atoms with E-state index in [1.807, 2.05) is 17.0 Å². The van der Waals surface area contributed by atoms with E-state index in [-0.39, 0.29) is 11.9 Å². The largest absolute Gasteiger partial charge is 0.472 e. The molecule has 0 aliphatic carbocycles. The molecule has 1 aliphatic rings. The Labute approximate surface area is 144 Å². The molecular formula is C18H18N4O3. The molecule has 0 spiro atoms. The van der Waals surface area contributed by atoms with Crippen LogP contribution in [0.4, 0.5) is 0 Å². The summed E-state index contributed by atoms with van der Waals surface area (Å²) >= 11 is 0. The fraction of sp³-hybridized carbons (Fsp3) is 0.333. The maximum Gasteiger partial charge on any atom is 0.257 e. The second kappa shape index (κ2) is 6.88. The molecule has 0 bridgehead atoms. The highest BCUT2D eigenvalue weighted by atomic mass is 16.5. The zero-order valence-corrected chi connectivity index (χ0v) is 13.7. The molecule has 1 fully saturated rings. The van der Waals surface area contributed by atoms with Gasteiger partial charge in [0.05, 0.1) is 11.8 Å². The Bertz CT molecular complexity index is 829. The standard InChI is InChI=1S/C18H18N4O3/c23-18(14-7-10-24-12-14)22-9-3-1-2-6-15(22)17-20-16(21-25-17)13-5-4-8-19-11-13/h4-5,7-8,10-12,15H,1-3,6,9H2. The number of hydrogen-bond donors (Lipinski definition) is 0. The maximum atomic E-state index is 12.8. The van der Waals surface area contributed by atoms with Gasteiger partial charge in [-0.05, 0) is 31.0 Å². The molecule has 1 aliphatic heterocycles. The third-order valence-corrected chi connectivity index (χ3v) is 4.43. The molecule has 4 heterocycles. The fourth-order valence-corrected chi connectivity index (χ4v) is 3.14. The molecular weight excluding hydrogens is 320 g/mol. The van der Waals surface area contributed by atoms with Crippen molar-refractivity contribution in [3.05, 3.63) is 54.6 Å². The van der Waals surface area contributed by atoms with Gasteiger partial charge in [-0.1, -0.05) is 18.0 Å². The minimum atomic E-state index is -0.220. The average molecular weight is 338 g/mol. The number of rotatable bonds is 3. The van der Waals surface area contributed by atoms with E-state index in [2.05, 4.69) is 15.1 Å². The number of pyridine rings is 1. The van der Waals surface area contributed by atoms with Crippen LogP contribution in [-0.4, -0.2) is 32.5 Å². The van der Waals surface area contributed by atoms with E-state index in [4.69, 9.17) is 8.94 Å². The van der Waals surface area contributed by atoms with E-state index >= 15 is 0 Å². The number of carbonyl (C=O) groups excluding carboxylic acids is 1. The predicted octanol–water partition coefficient (Wildman–Crippen LogP) is 3.48. The van der Waals surface area contributed by atoms with Crippen LogP contribution in [0.5, 0.6) is 0 Å². The van der Waals surface area contributed by atoms with Crippen molar-refractivity contribution >= 4 is 5.91 Å². The van der Waals surface area contributed by atoms with E-state index in [0.29, 0.717) is 23.8 Å². The van der Waals surface area contributed by atoms with Gasteiger partial charge in [-0.25, -0.2) is 0 Å². The van der Waals surface area contributed by atoms with Gasteiger partial charge in [-0.15, -0.1) is 0 Å². The van der Waals surface area contributed by atoms with Gasteiger partial charge < -0.3 is 13.8 Å². The van der Waals surface area contributed by atoms with Crippen LogP contribution in [0, 0.1) is 0 Å². The van der Waals surface area contributed by atoms with Gasteiger partial charge in [0.15, 0.2) is 0 Å². The van der Waals surface area contributed by atoms with E-state index in [1.54, 1.807) is 18.5 Å². The van der Waals surface area contributed by atoms with Gasteiger partial charge in [-0.2, -0.15) is 4.98 Å². The molecule has 1 saturated heterocycles. The van der Waals surface area contributed by atoms with Crippen LogP contribution in [0.3, 0.4) is 0 Å². The normalized spacial score (nSPS) is 18.1. The van der Waals surface area contributed by atoms with Crippen molar-refractivity contribution in [1.82, 2.24) is 20.0 Å². The number of furan rings is 1. The SMILES string of the molecule is O=C(c1ccoc1)N1CCCCCC1c1nc(-c2cccnc2)no1. The smallest absolute Gasteiger partial charge is 0.257 e. The van der Waals surface area contributed by atoms with Crippen molar-refractivity contribution in [3.8, 4) is 11.4 Å². The van der Waals surface area contributed by atoms with Crippen LogP contribution in [0.15, 0.2) is 52.1 Å². The maximum absolute atomic E-state index is 12.8. The van der Waals surface area contributed by atoms with Crippen LogP contribution in [0.2, 0.25) is 0 Å². The van der Waals surface area contributed by atoms with E-state index < -0.39 is 0 Å². The topological polar surface area (TPSA) is 85.3 Å². The summed E-state index contributed by atoms with van der Waals surface area (Å²) in [7, 11) is 0. The molecule has 25 heavy (non-hydrogen) atoms. The first kappa shape index (κ1) is 15.6. The zero-order chi connectivity index (χ0) is 17.1. The summed E-state index contributed by atoms with van der Waals surface area (Å²) in [6.45, 7) is 0.666. The molecule has 1 amide bonds. The molecule has 4 rings (SSSR count). The third kappa shape index (κ3) is 3.17. The monoisotopic (exact) mass is 338 g/mol. The Kier molecular flexibility index (Phi) is 4.28. The van der Waals surface area contributed by atoms with E-state index in [1.165, 1.54) is 12.5 Å². The minimum Gasteiger partial charge on any atom is -0.472 e. The number of nitrogens with zero attached hydrogens (tertiary/aromatic N) is 4. The van der Waals surface area contributed by atoms with Gasteiger partial charge in [0.1, 0.15) is 12.3 Å². The zero-order valence-electron chi connectivity index (χ0n) is 13.7. The summed E-state index contributed by atoms with van der Waals surface area (Å²) in [5.41, 5.74) is 1.33. The van der Waals surface area contributed by atoms with Crippen LogP contribution < -0.4 is 0 Å². The Morgan fingerprint density at radius 2 is 2.20 bits per heavy atom. The molecule has 128 valence electrons. The van der Waals surface area contributed by atoms with Crippen molar-refractivity contribution in [2.24, 2.45) is 0 Å². The Hall–Kier alpha value is -2.96. The van der Waals surface area contributed by atoms with Gasteiger partial charge in [-0.3, -0.25) is 9.78 Å². The summed E-state index contributed by atoms with van der Waals surface area (Å²) in [5.74, 6) is 0.891. The first-order valence-corrected chi connectivity index (χ1v) is 8.40. The van der Waals surface area contributed by atoms with E-state index in [0.717, 1.165) is 31.2 Å². The van der Waals surface area contributed by atoms with E-state index in [9.17, 15) is 4.79 Å². The molecule has 1 unspecified atom stereocenters. The molecule has 0 saturated carbocycles. The molecule has 0 radical (unpaired) electrons. The average Bonchev–Trinajstić information content (AvgIpc) is 3.30. The van der Waals surface area contributed by atoms with Crippen molar-refractivity contribution in [2.45, 2.75) is 31.7 Å². The highest BCUT2D eigenvalue weighted by molar-refractivity contribution is 5.94. The summed E-state index contributed by atoms with van der Waals surface area (Å²) in [5, 5.41) is 4.07. The second-order valence-corrected chi connectivity index (χ2v) is 6.07. The third-order valence-electron chi connectivity index (χ3n) is 4.43. The molecule has 0 N–H and O–H groups in total. The van der Waals surface area contributed by atoms with Gasteiger partial charge in [0.25, 0.3) is 5.91 Å². The fourth-order valence-electron chi connectivity index (χ4n) is 3.14. The van der Waals surface area contributed by atoms with Crippen molar-refractivity contribution in [1.29, 1.82) is 0 Å². The van der Waals surface area contributed by atoms with Gasteiger partial charge in [0, 0.05) is 24.5 Å². The number of aromatic nitrogens is 3. The number of hydrogen-bond acceptors (Lipinski definition) is 6. The quantitative estimate of drug-likeness (QED) is 0.727. The van der Waals surface area contributed by atoms with Gasteiger partial charge >= 0.3 is 0 Å². The van der Waals surface area contributed by atoms with Crippen molar-refractivity contribution in [2.75, 3.05) is 6.54 Å². The summed E-state index contributed by atoms with van der Waals surface area (Å²) < 4.78 is 10.6. The highest BCUT2D eigenvalue weighted by Gasteiger charge is 2.32. The first-order chi connectivity index (χ1) is 12.3. The predicted molar refractivity (Wildman–Crippen MR) is 88.5 cm³/mol. The lowest BCUT2D eigenvalue weighted by atomic mass is 10.1. The number of carbonyl (C=O) groups is 1. The summed E-state index contributed by atoms with van der Waals surface area (Å²) in [6, 6.07) is 5.16.